The molecule has 0 aliphatic rings. The molecule has 0 aliphatic heterocycles. The quantitative estimate of drug-likeness (QED) is 0.833. The maximum Gasteiger partial charge on any atom is 0.0773 e. The van der Waals surface area contributed by atoms with Crippen molar-refractivity contribution < 1.29 is 4.74 Å². The number of aromatic nitrogens is 1. The summed E-state index contributed by atoms with van der Waals surface area (Å²) in [6.45, 7) is 1.66. The van der Waals surface area contributed by atoms with Gasteiger partial charge in [-0.15, -0.1) is 0 Å². The van der Waals surface area contributed by atoms with Gasteiger partial charge in [0, 0.05) is 33.5 Å². The molecule has 0 bridgehead atoms. The number of nitrogens with two attached hydrogens (primary N) is 1. The smallest absolute Gasteiger partial charge is 0.0773 e. The SMILES string of the molecule is COCCCN(C)c1c(N)cncc1Br. The molecule has 2 N–H and O–H groups in total. The maximum absolute atomic E-state index is 5.86. The third-order valence-corrected chi connectivity index (χ3v) is 2.71. The summed E-state index contributed by atoms with van der Waals surface area (Å²) in [6, 6.07) is 0. The van der Waals surface area contributed by atoms with Gasteiger partial charge in [-0.25, -0.2) is 0 Å². The van der Waals surface area contributed by atoms with Crippen molar-refractivity contribution in [3.8, 4) is 0 Å². The van der Waals surface area contributed by atoms with Crippen molar-refractivity contribution in [3.05, 3.63) is 16.9 Å². The Hall–Kier alpha value is -0.810. The minimum Gasteiger partial charge on any atom is -0.396 e. The van der Waals surface area contributed by atoms with Gasteiger partial charge in [0.25, 0.3) is 0 Å². The number of nitrogens with zero attached hydrogens (tertiary/aromatic N) is 2. The lowest BCUT2D eigenvalue weighted by atomic mass is 10.3. The van der Waals surface area contributed by atoms with Gasteiger partial charge >= 0.3 is 0 Å². The van der Waals surface area contributed by atoms with Crippen molar-refractivity contribution >= 4 is 27.3 Å². The lowest BCUT2D eigenvalue weighted by molar-refractivity contribution is 0.196. The molecule has 0 spiro atoms. The summed E-state index contributed by atoms with van der Waals surface area (Å²) in [5.41, 5.74) is 7.53. The van der Waals surface area contributed by atoms with Crippen molar-refractivity contribution in [1.29, 1.82) is 0 Å². The molecule has 5 heteroatoms. The van der Waals surface area contributed by atoms with Gasteiger partial charge in [0.2, 0.25) is 0 Å². The normalized spacial score (nSPS) is 10.3. The Morgan fingerprint density at radius 1 is 1.53 bits per heavy atom. The van der Waals surface area contributed by atoms with Crippen LogP contribution in [0.3, 0.4) is 0 Å². The van der Waals surface area contributed by atoms with Crippen LogP contribution >= 0.6 is 15.9 Å². The van der Waals surface area contributed by atoms with Gasteiger partial charge in [0.05, 0.1) is 22.0 Å². The van der Waals surface area contributed by atoms with Gasteiger partial charge in [-0.3, -0.25) is 4.98 Å². The first kappa shape index (κ1) is 12.3. The molecule has 0 aliphatic carbocycles. The van der Waals surface area contributed by atoms with Crippen LogP contribution in [0.15, 0.2) is 16.9 Å². The summed E-state index contributed by atoms with van der Waals surface area (Å²) < 4.78 is 5.93. The fraction of sp³-hybridized carbons (Fsp3) is 0.500. The first-order valence-corrected chi connectivity index (χ1v) is 5.55. The van der Waals surface area contributed by atoms with Crippen molar-refractivity contribution in [2.75, 3.05) is 37.9 Å². The summed E-state index contributed by atoms with van der Waals surface area (Å²) in [5, 5.41) is 0. The van der Waals surface area contributed by atoms with E-state index in [0.717, 1.165) is 29.7 Å². The lowest BCUT2D eigenvalue weighted by Gasteiger charge is -2.21. The first-order chi connectivity index (χ1) is 7.16. The van der Waals surface area contributed by atoms with E-state index in [1.165, 1.54) is 0 Å². The second kappa shape index (κ2) is 5.92. The Morgan fingerprint density at radius 3 is 2.87 bits per heavy atom. The highest BCUT2D eigenvalue weighted by atomic mass is 79.9. The zero-order valence-corrected chi connectivity index (χ0v) is 10.6. The Labute approximate surface area is 98.6 Å². The maximum atomic E-state index is 5.86. The molecule has 1 rings (SSSR count). The molecular weight excluding hydrogens is 258 g/mol. The number of hydrogen-bond acceptors (Lipinski definition) is 4. The van der Waals surface area contributed by atoms with Crippen LogP contribution in [-0.4, -0.2) is 32.3 Å². The van der Waals surface area contributed by atoms with Crippen LogP contribution in [0.1, 0.15) is 6.42 Å². The summed E-state index contributed by atoms with van der Waals surface area (Å²) in [6.07, 6.45) is 4.38. The molecule has 84 valence electrons. The fourth-order valence-electron chi connectivity index (χ4n) is 1.40. The molecule has 1 heterocycles. The van der Waals surface area contributed by atoms with E-state index in [0.29, 0.717) is 5.69 Å². The van der Waals surface area contributed by atoms with Gasteiger partial charge in [-0.1, -0.05) is 0 Å². The number of hydrogen-bond donors (Lipinski definition) is 1. The van der Waals surface area contributed by atoms with E-state index in [1.807, 2.05) is 7.05 Å². The second-order valence-corrected chi connectivity index (χ2v) is 4.18. The minimum atomic E-state index is 0.685. The van der Waals surface area contributed by atoms with Gasteiger partial charge in [0.15, 0.2) is 0 Å². The molecule has 0 fully saturated rings. The zero-order valence-electron chi connectivity index (χ0n) is 9.03. The Morgan fingerprint density at radius 2 is 2.27 bits per heavy atom. The highest BCUT2D eigenvalue weighted by Gasteiger charge is 2.09. The van der Waals surface area contributed by atoms with E-state index in [2.05, 4.69) is 25.8 Å². The van der Waals surface area contributed by atoms with Gasteiger partial charge in [-0.05, 0) is 22.4 Å². The number of methoxy groups -OCH3 is 1. The van der Waals surface area contributed by atoms with Crippen molar-refractivity contribution in [2.45, 2.75) is 6.42 Å². The van der Waals surface area contributed by atoms with Gasteiger partial charge in [-0.2, -0.15) is 0 Å². The summed E-state index contributed by atoms with van der Waals surface area (Å²) in [5.74, 6) is 0. The average Bonchev–Trinajstić information content (AvgIpc) is 2.18. The molecule has 0 atom stereocenters. The molecule has 0 saturated heterocycles. The molecule has 0 unspecified atom stereocenters. The van der Waals surface area contributed by atoms with Crippen LogP contribution in [0.5, 0.6) is 0 Å². The lowest BCUT2D eigenvalue weighted by Crippen LogP contribution is -2.21. The topological polar surface area (TPSA) is 51.4 Å². The second-order valence-electron chi connectivity index (χ2n) is 3.33. The molecule has 1 aromatic rings. The monoisotopic (exact) mass is 273 g/mol. The van der Waals surface area contributed by atoms with E-state index in [-0.39, 0.29) is 0 Å². The number of rotatable bonds is 5. The van der Waals surface area contributed by atoms with E-state index in [9.17, 15) is 0 Å². The van der Waals surface area contributed by atoms with Crippen molar-refractivity contribution in [3.63, 3.8) is 0 Å². The van der Waals surface area contributed by atoms with Gasteiger partial charge < -0.3 is 15.4 Å². The Balaban J connectivity index is 2.68. The van der Waals surface area contributed by atoms with Crippen LogP contribution < -0.4 is 10.6 Å². The van der Waals surface area contributed by atoms with Gasteiger partial charge in [0.1, 0.15) is 0 Å². The fourth-order valence-corrected chi connectivity index (χ4v) is 2.05. The standard InChI is InChI=1S/C10H16BrN3O/c1-14(4-3-5-15-2)10-8(11)6-13-7-9(10)12/h6-7H,3-5,12H2,1-2H3. The van der Waals surface area contributed by atoms with Crippen molar-refractivity contribution in [1.82, 2.24) is 4.98 Å². The van der Waals surface area contributed by atoms with Crippen LogP contribution in [0, 0.1) is 0 Å². The molecule has 0 amide bonds. The number of ether oxygens (including phenoxy) is 1. The summed E-state index contributed by atoms with van der Waals surface area (Å²) in [4.78, 5) is 6.10. The predicted molar refractivity (Wildman–Crippen MR) is 66.1 cm³/mol. The predicted octanol–water partition coefficient (Wildman–Crippen LogP) is 1.90. The number of pyridine rings is 1. The molecular formula is C10H16BrN3O. The van der Waals surface area contributed by atoms with Crippen LogP contribution in [0.25, 0.3) is 0 Å². The third kappa shape index (κ3) is 3.35. The highest BCUT2D eigenvalue weighted by molar-refractivity contribution is 9.10. The summed E-state index contributed by atoms with van der Waals surface area (Å²) >= 11 is 3.44. The van der Waals surface area contributed by atoms with E-state index < -0.39 is 0 Å². The molecule has 0 saturated carbocycles. The molecule has 0 aromatic carbocycles. The number of nitrogen functional groups attached to an aromatic ring is 1. The van der Waals surface area contributed by atoms with Crippen molar-refractivity contribution in [2.24, 2.45) is 0 Å². The number of anilines is 2. The van der Waals surface area contributed by atoms with E-state index >= 15 is 0 Å². The molecule has 4 nitrogen and oxygen atoms in total. The van der Waals surface area contributed by atoms with Crippen LogP contribution in [-0.2, 0) is 4.74 Å². The van der Waals surface area contributed by atoms with Crippen LogP contribution in [0.2, 0.25) is 0 Å². The zero-order chi connectivity index (χ0) is 11.3. The molecule has 15 heavy (non-hydrogen) atoms. The number of halogens is 1. The molecule has 0 radical (unpaired) electrons. The molecule has 1 aromatic heterocycles. The van der Waals surface area contributed by atoms with Crippen LogP contribution in [0.4, 0.5) is 11.4 Å². The summed E-state index contributed by atoms with van der Waals surface area (Å²) in [7, 11) is 3.71. The van der Waals surface area contributed by atoms with E-state index in [1.54, 1.807) is 19.5 Å². The Kier molecular flexibility index (Phi) is 4.84. The largest absolute Gasteiger partial charge is 0.396 e. The Bertz CT molecular complexity index is 299. The highest BCUT2D eigenvalue weighted by Crippen LogP contribution is 2.30. The average molecular weight is 274 g/mol. The third-order valence-electron chi connectivity index (χ3n) is 2.12. The first-order valence-electron chi connectivity index (χ1n) is 4.76. The van der Waals surface area contributed by atoms with E-state index in [4.69, 9.17) is 10.5 Å². The minimum absolute atomic E-state index is 0.685.